The Labute approximate surface area is 179 Å². The highest BCUT2D eigenvalue weighted by atomic mass is 19.1. The summed E-state index contributed by atoms with van der Waals surface area (Å²) in [6.45, 7) is 6.47. The molecule has 0 unspecified atom stereocenters. The van der Waals surface area contributed by atoms with Crippen LogP contribution in [0.5, 0.6) is 0 Å². The Kier molecular flexibility index (Phi) is 6.47. The Hall–Kier alpha value is -3.17. The van der Waals surface area contributed by atoms with E-state index in [1.165, 1.54) is 17.1 Å². The number of carbonyl (C=O) groups excluding carboxylic acids is 2. The van der Waals surface area contributed by atoms with Crippen molar-refractivity contribution in [1.29, 1.82) is 0 Å². The van der Waals surface area contributed by atoms with Crippen LogP contribution >= 0.6 is 0 Å². The van der Waals surface area contributed by atoms with E-state index in [9.17, 15) is 18.4 Å². The van der Waals surface area contributed by atoms with Crippen LogP contribution in [0.3, 0.4) is 0 Å². The van der Waals surface area contributed by atoms with E-state index in [1.54, 1.807) is 16.8 Å². The molecule has 1 N–H and O–H groups in total. The molecule has 3 rings (SSSR count). The standard InChI is InChI=1S/C21H27F2N5O3/c1-21(2,3)31-20(30)27-7-5-17(6-8-27)26(4)19(29)25-16-12-24-28(13-16)18-10-14(22)9-15(23)11-18/h9-13,17H,5-8H2,1-4H3,(H,25,29). The average Bonchev–Trinajstić information content (AvgIpc) is 3.14. The molecule has 2 aromatic rings. The van der Waals surface area contributed by atoms with Crippen LogP contribution in [-0.2, 0) is 4.74 Å². The number of anilines is 1. The number of hydrogen-bond acceptors (Lipinski definition) is 4. The summed E-state index contributed by atoms with van der Waals surface area (Å²) < 4.78 is 33.5. The van der Waals surface area contributed by atoms with Crippen LogP contribution in [0, 0.1) is 11.6 Å². The zero-order chi connectivity index (χ0) is 22.8. The highest BCUT2D eigenvalue weighted by molar-refractivity contribution is 5.89. The lowest BCUT2D eigenvalue weighted by Gasteiger charge is -2.37. The molecule has 0 bridgehead atoms. The van der Waals surface area contributed by atoms with Gasteiger partial charge in [-0.1, -0.05) is 0 Å². The van der Waals surface area contributed by atoms with Crippen molar-refractivity contribution in [3.63, 3.8) is 0 Å². The van der Waals surface area contributed by atoms with Gasteiger partial charge in [0, 0.05) is 32.2 Å². The van der Waals surface area contributed by atoms with E-state index in [0.717, 1.165) is 18.2 Å². The second-order valence-corrected chi connectivity index (χ2v) is 8.54. The minimum Gasteiger partial charge on any atom is -0.444 e. The molecule has 3 amide bonds. The van der Waals surface area contributed by atoms with Crippen molar-refractivity contribution in [2.24, 2.45) is 0 Å². The number of hydrogen-bond donors (Lipinski definition) is 1. The number of rotatable bonds is 3. The predicted molar refractivity (Wildman–Crippen MR) is 111 cm³/mol. The third-order valence-electron chi connectivity index (χ3n) is 4.93. The quantitative estimate of drug-likeness (QED) is 0.790. The molecule has 10 heteroatoms. The van der Waals surface area contributed by atoms with E-state index in [4.69, 9.17) is 4.74 Å². The Bertz CT molecular complexity index is 928. The maximum absolute atomic E-state index is 13.4. The number of nitrogens with zero attached hydrogens (tertiary/aromatic N) is 4. The van der Waals surface area contributed by atoms with Gasteiger partial charge in [-0.25, -0.2) is 23.1 Å². The van der Waals surface area contributed by atoms with Crippen LogP contribution in [0.4, 0.5) is 24.1 Å². The molecular formula is C21H27F2N5O3. The number of piperidine rings is 1. The SMILES string of the molecule is CN(C(=O)Nc1cnn(-c2cc(F)cc(F)c2)c1)C1CCN(C(=O)OC(C)(C)C)CC1. The first-order valence-corrected chi connectivity index (χ1v) is 10.0. The fraction of sp³-hybridized carbons (Fsp3) is 0.476. The van der Waals surface area contributed by atoms with Gasteiger partial charge in [-0.05, 0) is 45.7 Å². The summed E-state index contributed by atoms with van der Waals surface area (Å²) in [6, 6.07) is 2.70. The number of benzene rings is 1. The largest absolute Gasteiger partial charge is 0.444 e. The van der Waals surface area contributed by atoms with Crippen molar-refractivity contribution in [3.05, 3.63) is 42.2 Å². The highest BCUT2D eigenvalue weighted by Gasteiger charge is 2.30. The Morgan fingerprint density at radius 3 is 2.35 bits per heavy atom. The van der Waals surface area contributed by atoms with E-state index in [1.807, 2.05) is 20.8 Å². The minimum atomic E-state index is -0.714. The lowest BCUT2D eigenvalue weighted by atomic mass is 10.0. The zero-order valence-electron chi connectivity index (χ0n) is 18.1. The van der Waals surface area contributed by atoms with Gasteiger partial charge in [-0.15, -0.1) is 0 Å². The first kappa shape index (κ1) is 22.5. The van der Waals surface area contributed by atoms with Gasteiger partial charge in [0.1, 0.15) is 17.2 Å². The van der Waals surface area contributed by atoms with E-state index in [-0.39, 0.29) is 23.9 Å². The van der Waals surface area contributed by atoms with Gasteiger partial charge in [0.25, 0.3) is 0 Å². The van der Waals surface area contributed by atoms with Crippen molar-refractivity contribution < 1.29 is 23.1 Å². The normalized spacial score (nSPS) is 15.0. The van der Waals surface area contributed by atoms with E-state index in [0.29, 0.717) is 31.6 Å². The van der Waals surface area contributed by atoms with Crippen LogP contribution in [-0.4, -0.2) is 63.5 Å². The summed E-state index contributed by atoms with van der Waals surface area (Å²) in [6.07, 6.45) is 3.79. The molecule has 0 aliphatic carbocycles. The molecule has 0 spiro atoms. The number of halogens is 2. The summed E-state index contributed by atoms with van der Waals surface area (Å²) in [4.78, 5) is 28.0. The third-order valence-corrected chi connectivity index (χ3v) is 4.93. The molecule has 2 heterocycles. The van der Waals surface area contributed by atoms with Gasteiger partial charge in [0.05, 0.1) is 23.8 Å². The first-order chi connectivity index (χ1) is 14.5. The molecule has 31 heavy (non-hydrogen) atoms. The highest BCUT2D eigenvalue weighted by Crippen LogP contribution is 2.20. The minimum absolute atomic E-state index is 0.0361. The summed E-state index contributed by atoms with van der Waals surface area (Å²) in [5, 5.41) is 6.78. The molecule has 1 aliphatic rings. The molecular weight excluding hydrogens is 408 g/mol. The number of ether oxygens (including phenoxy) is 1. The average molecular weight is 435 g/mol. The van der Waals surface area contributed by atoms with Crippen molar-refractivity contribution >= 4 is 17.8 Å². The van der Waals surface area contributed by atoms with E-state index >= 15 is 0 Å². The summed E-state index contributed by atoms with van der Waals surface area (Å²) in [7, 11) is 1.69. The molecule has 1 aromatic heterocycles. The molecule has 0 radical (unpaired) electrons. The summed E-state index contributed by atoms with van der Waals surface area (Å²) in [5.74, 6) is -1.43. The Balaban J connectivity index is 1.55. The van der Waals surface area contributed by atoms with Crippen LogP contribution in [0.1, 0.15) is 33.6 Å². The molecule has 1 fully saturated rings. The molecule has 1 aromatic carbocycles. The van der Waals surface area contributed by atoms with Crippen molar-refractivity contribution in [1.82, 2.24) is 19.6 Å². The molecule has 0 saturated carbocycles. The van der Waals surface area contributed by atoms with Gasteiger partial charge in [-0.2, -0.15) is 5.10 Å². The number of nitrogens with one attached hydrogen (secondary N) is 1. The molecule has 168 valence electrons. The van der Waals surface area contributed by atoms with Crippen LogP contribution in [0.25, 0.3) is 5.69 Å². The maximum Gasteiger partial charge on any atom is 0.410 e. The zero-order valence-corrected chi connectivity index (χ0v) is 18.1. The topological polar surface area (TPSA) is 79.7 Å². The number of carbonyl (C=O) groups is 2. The number of amides is 3. The molecule has 8 nitrogen and oxygen atoms in total. The fourth-order valence-electron chi connectivity index (χ4n) is 3.34. The number of aromatic nitrogens is 2. The Morgan fingerprint density at radius 2 is 1.77 bits per heavy atom. The van der Waals surface area contributed by atoms with Gasteiger partial charge >= 0.3 is 12.1 Å². The van der Waals surface area contributed by atoms with Crippen LogP contribution < -0.4 is 5.32 Å². The molecule has 0 atom stereocenters. The Morgan fingerprint density at radius 1 is 1.16 bits per heavy atom. The monoisotopic (exact) mass is 435 g/mol. The first-order valence-electron chi connectivity index (χ1n) is 10.0. The van der Waals surface area contributed by atoms with Crippen molar-refractivity contribution in [2.75, 3.05) is 25.5 Å². The van der Waals surface area contributed by atoms with Gasteiger partial charge in [-0.3, -0.25) is 0 Å². The van der Waals surface area contributed by atoms with E-state index < -0.39 is 17.2 Å². The van der Waals surface area contributed by atoms with Crippen LogP contribution in [0.2, 0.25) is 0 Å². The van der Waals surface area contributed by atoms with Gasteiger partial charge < -0.3 is 19.9 Å². The number of urea groups is 1. The van der Waals surface area contributed by atoms with E-state index in [2.05, 4.69) is 10.4 Å². The van der Waals surface area contributed by atoms with Crippen molar-refractivity contribution in [3.8, 4) is 5.69 Å². The van der Waals surface area contributed by atoms with Crippen LogP contribution in [0.15, 0.2) is 30.6 Å². The van der Waals surface area contributed by atoms with Gasteiger partial charge in [0.2, 0.25) is 0 Å². The smallest absolute Gasteiger partial charge is 0.410 e. The predicted octanol–water partition coefficient (Wildman–Crippen LogP) is 4.01. The number of likely N-dealkylation sites (tertiary alicyclic amines) is 1. The second kappa shape index (κ2) is 8.91. The third kappa shape index (κ3) is 5.93. The lowest BCUT2D eigenvalue weighted by molar-refractivity contribution is 0.0174. The lowest BCUT2D eigenvalue weighted by Crippen LogP contribution is -2.49. The van der Waals surface area contributed by atoms with Crippen molar-refractivity contribution in [2.45, 2.75) is 45.3 Å². The molecule has 1 aliphatic heterocycles. The molecule has 1 saturated heterocycles. The van der Waals surface area contributed by atoms with Gasteiger partial charge in [0.15, 0.2) is 0 Å². The fourth-order valence-corrected chi connectivity index (χ4v) is 3.34. The maximum atomic E-state index is 13.4. The second-order valence-electron chi connectivity index (χ2n) is 8.54. The summed E-state index contributed by atoms with van der Waals surface area (Å²) in [5.41, 5.74) is 0.0559. The summed E-state index contributed by atoms with van der Waals surface area (Å²) >= 11 is 0.